The highest BCUT2D eigenvalue weighted by Gasteiger charge is 2.27. The van der Waals surface area contributed by atoms with Gasteiger partial charge in [0.05, 0.1) is 5.38 Å². The van der Waals surface area contributed by atoms with Crippen LogP contribution in [0, 0.1) is 11.8 Å². The summed E-state index contributed by atoms with van der Waals surface area (Å²) in [7, 11) is 0. The first-order valence-electron chi connectivity index (χ1n) is 6.96. The molecule has 1 unspecified atom stereocenters. The summed E-state index contributed by atoms with van der Waals surface area (Å²) in [5, 5.41) is 3.76. The molecule has 1 aromatic heterocycles. The lowest BCUT2D eigenvalue weighted by molar-refractivity contribution is 0.284. The minimum atomic E-state index is 0.176. The summed E-state index contributed by atoms with van der Waals surface area (Å²) in [5.41, 5.74) is 1.34. The van der Waals surface area contributed by atoms with Crippen LogP contribution in [0.15, 0.2) is 28.1 Å². The van der Waals surface area contributed by atoms with Crippen LogP contribution in [0.4, 0.5) is 0 Å². The van der Waals surface area contributed by atoms with Crippen molar-refractivity contribution in [1.29, 1.82) is 0 Å². The Balaban J connectivity index is 1.89. The van der Waals surface area contributed by atoms with Gasteiger partial charge < -0.3 is 0 Å². The number of hydrogen-bond acceptors (Lipinski definition) is 1. The van der Waals surface area contributed by atoms with E-state index in [9.17, 15) is 0 Å². The number of fused-ring (bicyclic) bond motifs is 1. The maximum Gasteiger partial charge on any atom is 0.0627 e. The predicted molar refractivity (Wildman–Crippen MR) is 89.2 cm³/mol. The summed E-state index contributed by atoms with van der Waals surface area (Å²) in [6, 6.07) is 6.41. The van der Waals surface area contributed by atoms with Crippen molar-refractivity contribution in [2.45, 2.75) is 38.0 Å². The number of halogens is 2. The SMILES string of the molecule is CC1CCC(C(Cl)c2csc3c(Br)cccc23)CC1. The molecular weight excluding hydrogens is 340 g/mol. The first kappa shape index (κ1) is 13.9. The third-order valence-corrected chi connectivity index (χ3v) is 6.92. The molecule has 1 atom stereocenters. The van der Waals surface area contributed by atoms with Crippen LogP contribution in [0.3, 0.4) is 0 Å². The Morgan fingerprint density at radius 1 is 1.26 bits per heavy atom. The lowest BCUT2D eigenvalue weighted by Gasteiger charge is -2.29. The second kappa shape index (κ2) is 5.75. The Labute approximate surface area is 132 Å². The Morgan fingerprint density at radius 3 is 2.74 bits per heavy atom. The van der Waals surface area contributed by atoms with Gasteiger partial charge in [-0.1, -0.05) is 31.9 Å². The topological polar surface area (TPSA) is 0 Å². The average molecular weight is 358 g/mol. The normalized spacial score (nSPS) is 25.6. The fourth-order valence-electron chi connectivity index (χ4n) is 3.09. The van der Waals surface area contributed by atoms with E-state index in [4.69, 9.17) is 11.6 Å². The summed E-state index contributed by atoms with van der Waals surface area (Å²) >= 11 is 12.2. The molecular formula is C16H18BrClS. The first-order valence-corrected chi connectivity index (χ1v) is 9.07. The fraction of sp³-hybridized carbons (Fsp3) is 0.500. The van der Waals surface area contributed by atoms with Crippen LogP contribution in [-0.2, 0) is 0 Å². The second-order valence-electron chi connectivity index (χ2n) is 5.73. The molecule has 102 valence electrons. The number of hydrogen-bond donors (Lipinski definition) is 0. The van der Waals surface area contributed by atoms with Crippen molar-refractivity contribution in [3.8, 4) is 0 Å². The molecule has 0 aliphatic heterocycles. The lowest BCUT2D eigenvalue weighted by Crippen LogP contribution is -2.16. The zero-order valence-electron chi connectivity index (χ0n) is 11.0. The van der Waals surface area contributed by atoms with E-state index in [1.54, 1.807) is 11.3 Å². The Kier molecular flexibility index (Phi) is 4.21. The molecule has 1 saturated carbocycles. The van der Waals surface area contributed by atoms with E-state index in [-0.39, 0.29) is 5.38 Å². The third-order valence-electron chi connectivity index (χ3n) is 4.35. The number of benzene rings is 1. The van der Waals surface area contributed by atoms with E-state index in [0.29, 0.717) is 5.92 Å². The Morgan fingerprint density at radius 2 is 2.00 bits per heavy atom. The van der Waals surface area contributed by atoms with Crippen LogP contribution in [-0.4, -0.2) is 0 Å². The van der Waals surface area contributed by atoms with Crippen molar-refractivity contribution in [1.82, 2.24) is 0 Å². The van der Waals surface area contributed by atoms with E-state index >= 15 is 0 Å². The second-order valence-corrected chi connectivity index (χ2v) is 7.93. The largest absolute Gasteiger partial charge is 0.142 e. The molecule has 1 fully saturated rings. The number of thiophene rings is 1. The highest BCUT2D eigenvalue weighted by molar-refractivity contribution is 9.10. The molecule has 0 bridgehead atoms. The molecule has 3 heteroatoms. The molecule has 19 heavy (non-hydrogen) atoms. The van der Waals surface area contributed by atoms with Crippen molar-refractivity contribution >= 4 is 49.0 Å². The first-order chi connectivity index (χ1) is 9.16. The maximum atomic E-state index is 6.80. The van der Waals surface area contributed by atoms with Gasteiger partial charge in [-0.25, -0.2) is 0 Å². The minimum Gasteiger partial charge on any atom is -0.142 e. The van der Waals surface area contributed by atoms with Crippen LogP contribution in [0.5, 0.6) is 0 Å². The van der Waals surface area contributed by atoms with Crippen LogP contribution in [0.2, 0.25) is 0 Å². The summed E-state index contributed by atoms with van der Waals surface area (Å²) in [6.07, 6.45) is 5.22. The van der Waals surface area contributed by atoms with E-state index in [1.807, 2.05) is 0 Å². The van der Waals surface area contributed by atoms with Crippen LogP contribution >= 0.6 is 38.9 Å². The molecule has 0 spiro atoms. The van der Waals surface area contributed by atoms with Gasteiger partial charge in [-0.2, -0.15) is 0 Å². The highest BCUT2D eigenvalue weighted by Crippen LogP contribution is 2.45. The van der Waals surface area contributed by atoms with Gasteiger partial charge in [-0.05, 0) is 63.0 Å². The summed E-state index contributed by atoms with van der Waals surface area (Å²) < 4.78 is 2.51. The summed E-state index contributed by atoms with van der Waals surface area (Å²) in [4.78, 5) is 0. The van der Waals surface area contributed by atoms with E-state index < -0.39 is 0 Å². The molecule has 1 heterocycles. The van der Waals surface area contributed by atoms with Gasteiger partial charge in [-0.3, -0.25) is 0 Å². The smallest absolute Gasteiger partial charge is 0.0627 e. The summed E-state index contributed by atoms with van der Waals surface area (Å²) in [5.74, 6) is 1.53. The van der Waals surface area contributed by atoms with Crippen molar-refractivity contribution in [3.63, 3.8) is 0 Å². The predicted octanol–water partition coefficient (Wildman–Crippen LogP) is 6.77. The van der Waals surface area contributed by atoms with Crippen LogP contribution in [0.25, 0.3) is 10.1 Å². The third kappa shape index (κ3) is 2.72. The van der Waals surface area contributed by atoms with Gasteiger partial charge in [-0.15, -0.1) is 22.9 Å². The Hall–Kier alpha value is -0.0500. The number of rotatable bonds is 2. The molecule has 1 aromatic carbocycles. The quantitative estimate of drug-likeness (QED) is 0.520. The van der Waals surface area contributed by atoms with Gasteiger partial charge in [0.1, 0.15) is 0 Å². The molecule has 2 aromatic rings. The molecule has 0 N–H and O–H groups in total. The molecule has 0 amide bonds. The van der Waals surface area contributed by atoms with Gasteiger partial charge in [0.25, 0.3) is 0 Å². The zero-order valence-corrected chi connectivity index (χ0v) is 14.2. The van der Waals surface area contributed by atoms with Crippen LogP contribution in [0.1, 0.15) is 43.5 Å². The molecule has 1 aliphatic rings. The molecule has 3 rings (SSSR count). The maximum absolute atomic E-state index is 6.80. The fourth-order valence-corrected chi connectivity index (χ4v) is 5.25. The zero-order chi connectivity index (χ0) is 13.4. The van der Waals surface area contributed by atoms with Crippen LogP contribution < -0.4 is 0 Å². The Bertz CT molecular complexity index is 569. The molecule has 0 nitrogen and oxygen atoms in total. The van der Waals surface area contributed by atoms with Gasteiger partial charge in [0, 0.05) is 9.17 Å². The summed E-state index contributed by atoms with van der Waals surface area (Å²) in [6.45, 7) is 2.36. The highest BCUT2D eigenvalue weighted by atomic mass is 79.9. The minimum absolute atomic E-state index is 0.176. The average Bonchev–Trinajstić information content (AvgIpc) is 2.84. The van der Waals surface area contributed by atoms with E-state index in [1.165, 1.54) is 45.8 Å². The van der Waals surface area contributed by atoms with Crippen molar-refractivity contribution in [3.05, 3.63) is 33.6 Å². The van der Waals surface area contributed by atoms with Crippen molar-refractivity contribution < 1.29 is 0 Å². The molecule has 0 saturated heterocycles. The van der Waals surface area contributed by atoms with E-state index in [2.05, 4.69) is 46.4 Å². The monoisotopic (exact) mass is 356 g/mol. The standard InChI is InChI=1S/C16H18BrClS/c1-10-5-7-11(8-6-10)15(18)13-9-19-16-12(13)3-2-4-14(16)17/h2-4,9-11,15H,5-8H2,1H3. The van der Waals surface area contributed by atoms with Gasteiger partial charge >= 0.3 is 0 Å². The van der Waals surface area contributed by atoms with Crippen molar-refractivity contribution in [2.75, 3.05) is 0 Å². The molecule has 0 radical (unpaired) electrons. The van der Waals surface area contributed by atoms with Crippen molar-refractivity contribution in [2.24, 2.45) is 11.8 Å². The lowest BCUT2D eigenvalue weighted by atomic mass is 9.80. The van der Waals surface area contributed by atoms with Gasteiger partial charge in [0.2, 0.25) is 0 Å². The van der Waals surface area contributed by atoms with Gasteiger partial charge in [0.15, 0.2) is 0 Å². The van der Waals surface area contributed by atoms with E-state index in [0.717, 1.165) is 5.92 Å². The molecule has 1 aliphatic carbocycles. The number of alkyl halides is 1.